The van der Waals surface area contributed by atoms with Gasteiger partial charge in [0.15, 0.2) is 0 Å². The Morgan fingerprint density at radius 1 is 1.38 bits per heavy atom. The van der Waals surface area contributed by atoms with Gasteiger partial charge in [-0.2, -0.15) is 9.40 Å². The Morgan fingerprint density at radius 2 is 2.05 bits per heavy atom. The zero-order valence-corrected chi connectivity index (χ0v) is 14.3. The first-order chi connectivity index (χ1) is 9.95. The third kappa shape index (κ3) is 3.99. The van der Waals surface area contributed by atoms with Crippen molar-refractivity contribution in [3.63, 3.8) is 0 Å². The Hall–Kier alpha value is -0.590. The molecule has 0 amide bonds. The van der Waals surface area contributed by atoms with Gasteiger partial charge in [0.2, 0.25) is 10.0 Å². The highest BCUT2D eigenvalue weighted by Gasteiger charge is 2.31. The van der Waals surface area contributed by atoms with E-state index in [9.17, 15) is 8.42 Å². The summed E-state index contributed by atoms with van der Waals surface area (Å²) in [6.07, 6.45) is 5.71. The van der Waals surface area contributed by atoms with Crippen molar-refractivity contribution in [2.45, 2.75) is 44.6 Å². The lowest BCUT2D eigenvalue weighted by Gasteiger charge is -2.32. The molecular weight excluding hydrogens is 310 g/mol. The van der Waals surface area contributed by atoms with Crippen LogP contribution in [-0.4, -0.2) is 41.5 Å². The monoisotopic (exact) mass is 333 g/mol. The lowest BCUT2D eigenvalue weighted by atomic mass is 9.87. The number of halogens is 1. The molecule has 0 aromatic carbocycles. The summed E-state index contributed by atoms with van der Waals surface area (Å²) in [5.74, 6) is 1.79. The van der Waals surface area contributed by atoms with E-state index < -0.39 is 10.0 Å². The first-order valence-corrected chi connectivity index (χ1v) is 9.51. The molecule has 0 saturated carbocycles. The van der Waals surface area contributed by atoms with Gasteiger partial charge < -0.3 is 0 Å². The van der Waals surface area contributed by atoms with Crippen LogP contribution in [0.1, 0.15) is 33.1 Å². The number of rotatable bonds is 6. The molecule has 7 heteroatoms. The summed E-state index contributed by atoms with van der Waals surface area (Å²) < 4.78 is 28.4. The van der Waals surface area contributed by atoms with Gasteiger partial charge in [0.05, 0.1) is 6.20 Å². The molecule has 1 fully saturated rings. The normalized spacial score (nSPS) is 18.5. The fourth-order valence-corrected chi connectivity index (χ4v) is 4.30. The van der Waals surface area contributed by atoms with Crippen LogP contribution in [0.2, 0.25) is 0 Å². The average molecular weight is 334 g/mol. The standard InChI is InChI=1S/C14H24ClN3O2S/c1-12(2)13-4-8-18(9-5-13)21(19,20)14-10-16-17(11-14)7-3-6-15/h10-13H,3-9H2,1-2H3. The Kier molecular flexibility index (Phi) is 5.68. The van der Waals surface area contributed by atoms with Crippen LogP contribution in [0.5, 0.6) is 0 Å². The van der Waals surface area contributed by atoms with Crippen molar-refractivity contribution in [1.29, 1.82) is 0 Å². The predicted molar refractivity (Wildman–Crippen MR) is 83.9 cm³/mol. The van der Waals surface area contributed by atoms with E-state index in [0.29, 0.717) is 42.2 Å². The van der Waals surface area contributed by atoms with Crippen LogP contribution in [0.25, 0.3) is 0 Å². The third-order valence-electron chi connectivity index (χ3n) is 4.21. The minimum atomic E-state index is -3.40. The molecule has 2 heterocycles. The first-order valence-electron chi connectivity index (χ1n) is 7.53. The van der Waals surface area contributed by atoms with E-state index in [1.54, 1.807) is 15.2 Å². The number of sulfonamides is 1. The van der Waals surface area contributed by atoms with E-state index in [0.717, 1.165) is 19.3 Å². The highest BCUT2D eigenvalue weighted by atomic mass is 35.5. The summed E-state index contributed by atoms with van der Waals surface area (Å²) in [6.45, 7) is 6.27. The maximum Gasteiger partial charge on any atom is 0.246 e. The zero-order valence-electron chi connectivity index (χ0n) is 12.7. The van der Waals surface area contributed by atoms with Gasteiger partial charge >= 0.3 is 0 Å². The highest BCUT2D eigenvalue weighted by molar-refractivity contribution is 7.89. The van der Waals surface area contributed by atoms with Crippen molar-refractivity contribution in [3.05, 3.63) is 12.4 Å². The van der Waals surface area contributed by atoms with Crippen molar-refractivity contribution in [2.24, 2.45) is 11.8 Å². The molecule has 1 aromatic heterocycles. The lowest BCUT2D eigenvalue weighted by molar-refractivity contribution is 0.226. The molecule has 0 N–H and O–H groups in total. The third-order valence-corrected chi connectivity index (χ3v) is 6.33. The molecule has 0 radical (unpaired) electrons. The molecule has 1 aliphatic rings. The van der Waals surface area contributed by atoms with Crippen LogP contribution in [-0.2, 0) is 16.6 Å². The van der Waals surface area contributed by atoms with Gasteiger partial charge in [-0.05, 0) is 31.1 Å². The molecular formula is C14H24ClN3O2S. The van der Waals surface area contributed by atoms with Crippen molar-refractivity contribution in [3.8, 4) is 0 Å². The van der Waals surface area contributed by atoms with E-state index in [1.165, 1.54) is 6.20 Å². The number of aryl methyl sites for hydroxylation is 1. The lowest BCUT2D eigenvalue weighted by Crippen LogP contribution is -2.39. The minimum absolute atomic E-state index is 0.292. The first kappa shape index (κ1) is 16.8. The summed E-state index contributed by atoms with van der Waals surface area (Å²) in [6, 6.07) is 0. The Labute approximate surface area is 132 Å². The number of hydrogen-bond donors (Lipinski definition) is 0. The Balaban J connectivity index is 2.03. The maximum absolute atomic E-state index is 12.6. The number of alkyl halides is 1. The number of aromatic nitrogens is 2. The van der Waals surface area contributed by atoms with Crippen LogP contribution >= 0.6 is 11.6 Å². The van der Waals surface area contributed by atoms with Gasteiger partial charge in [-0.15, -0.1) is 11.6 Å². The SMILES string of the molecule is CC(C)C1CCN(S(=O)(=O)c2cnn(CCCCl)c2)CC1. The molecule has 0 bridgehead atoms. The van der Waals surface area contributed by atoms with Gasteiger partial charge in [-0.25, -0.2) is 8.42 Å². The predicted octanol–water partition coefficient (Wildman–Crippen LogP) is 2.57. The van der Waals surface area contributed by atoms with Crippen LogP contribution in [0.3, 0.4) is 0 Å². The topological polar surface area (TPSA) is 55.2 Å². The number of hydrogen-bond acceptors (Lipinski definition) is 3. The van der Waals surface area contributed by atoms with Gasteiger partial charge in [-0.1, -0.05) is 13.8 Å². The molecule has 0 aliphatic carbocycles. The smallest absolute Gasteiger partial charge is 0.246 e. The van der Waals surface area contributed by atoms with E-state index >= 15 is 0 Å². The molecule has 21 heavy (non-hydrogen) atoms. The molecule has 1 aromatic rings. The summed E-state index contributed by atoms with van der Waals surface area (Å²) in [5, 5.41) is 4.11. The molecule has 0 spiro atoms. The average Bonchev–Trinajstić information content (AvgIpc) is 2.94. The summed E-state index contributed by atoms with van der Waals surface area (Å²) in [7, 11) is -3.40. The molecule has 120 valence electrons. The second-order valence-corrected chi connectivity index (χ2v) is 8.28. The zero-order chi connectivity index (χ0) is 15.5. The maximum atomic E-state index is 12.6. The molecule has 2 rings (SSSR count). The van der Waals surface area contributed by atoms with Crippen molar-refractivity contribution in [2.75, 3.05) is 19.0 Å². The van der Waals surface area contributed by atoms with E-state index in [-0.39, 0.29) is 0 Å². The minimum Gasteiger partial charge on any atom is -0.271 e. The highest BCUT2D eigenvalue weighted by Crippen LogP contribution is 2.27. The summed E-state index contributed by atoms with van der Waals surface area (Å²) in [4.78, 5) is 0.292. The van der Waals surface area contributed by atoms with Crippen molar-refractivity contribution >= 4 is 21.6 Å². The van der Waals surface area contributed by atoms with E-state index in [1.807, 2.05) is 0 Å². The summed E-state index contributed by atoms with van der Waals surface area (Å²) >= 11 is 5.64. The van der Waals surface area contributed by atoms with Gasteiger partial charge in [0.25, 0.3) is 0 Å². The van der Waals surface area contributed by atoms with E-state index in [4.69, 9.17) is 11.6 Å². The fraction of sp³-hybridized carbons (Fsp3) is 0.786. The second kappa shape index (κ2) is 7.11. The second-order valence-electron chi connectivity index (χ2n) is 5.97. The molecule has 1 saturated heterocycles. The van der Waals surface area contributed by atoms with Gasteiger partial charge in [0.1, 0.15) is 4.90 Å². The molecule has 0 atom stereocenters. The number of nitrogens with zero attached hydrogens (tertiary/aromatic N) is 3. The Morgan fingerprint density at radius 3 is 2.62 bits per heavy atom. The van der Waals surface area contributed by atoms with Crippen LogP contribution in [0.15, 0.2) is 17.3 Å². The summed E-state index contributed by atoms with van der Waals surface area (Å²) in [5.41, 5.74) is 0. The Bertz CT molecular complexity index is 548. The van der Waals surface area contributed by atoms with Crippen LogP contribution in [0, 0.1) is 11.8 Å². The van der Waals surface area contributed by atoms with E-state index in [2.05, 4.69) is 18.9 Å². The largest absolute Gasteiger partial charge is 0.271 e. The van der Waals surface area contributed by atoms with Gasteiger partial charge in [-0.3, -0.25) is 4.68 Å². The van der Waals surface area contributed by atoms with Crippen molar-refractivity contribution < 1.29 is 8.42 Å². The van der Waals surface area contributed by atoms with Crippen LogP contribution < -0.4 is 0 Å². The molecule has 1 aliphatic heterocycles. The van der Waals surface area contributed by atoms with Gasteiger partial charge in [0, 0.05) is 31.7 Å². The molecule has 0 unspecified atom stereocenters. The van der Waals surface area contributed by atoms with Crippen LogP contribution in [0.4, 0.5) is 0 Å². The molecule has 5 nitrogen and oxygen atoms in total. The number of piperidine rings is 1. The quantitative estimate of drug-likeness (QED) is 0.752. The van der Waals surface area contributed by atoms with Crippen molar-refractivity contribution in [1.82, 2.24) is 14.1 Å². The fourth-order valence-electron chi connectivity index (χ4n) is 2.75.